The topological polar surface area (TPSA) is 47.9 Å². The molecule has 158 valence electrons. The molecule has 0 spiro atoms. The van der Waals surface area contributed by atoms with Crippen LogP contribution in [0.25, 0.3) is 0 Å². The van der Waals surface area contributed by atoms with Crippen LogP contribution in [0.1, 0.15) is 52.7 Å². The minimum atomic E-state index is -2.13. The summed E-state index contributed by atoms with van der Waals surface area (Å²) < 4.78 is 12.7. The Labute approximate surface area is 180 Å². The minimum Gasteiger partial charge on any atom is -0.543 e. The summed E-state index contributed by atoms with van der Waals surface area (Å²) in [7, 11) is -2.13. The second kappa shape index (κ2) is 10.3. The summed E-state index contributed by atoms with van der Waals surface area (Å²) in [4.78, 5) is 11.1. The maximum atomic E-state index is 11.1. The standard InChI is InChI=1S/C23H32ClNO3Si/c1-16(2)29(17(3)4,18(5)6)28-21-12-20(14-25-26)23(22(24)13-21)27-15-19-10-8-7-9-11-19/h7-13,16-18H,14-15H2,1-6H3. The largest absolute Gasteiger partial charge is 0.543 e. The second-order valence-corrected chi connectivity index (χ2v) is 14.2. The molecule has 0 aromatic heterocycles. The smallest absolute Gasteiger partial charge is 0.258 e. The molecular formula is C23H32ClNO3Si. The quantitative estimate of drug-likeness (QED) is 0.284. The molecule has 29 heavy (non-hydrogen) atoms. The average molecular weight is 434 g/mol. The van der Waals surface area contributed by atoms with E-state index in [0.717, 1.165) is 5.56 Å². The van der Waals surface area contributed by atoms with Gasteiger partial charge in [0.15, 0.2) is 0 Å². The molecule has 0 heterocycles. The van der Waals surface area contributed by atoms with E-state index in [4.69, 9.17) is 20.8 Å². The van der Waals surface area contributed by atoms with Crippen molar-refractivity contribution >= 4 is 19.9 Å². The maximum Gasteiger partial charge on any atom is 0.258 e. The van der Waals surface area contributed by atoms with Gasteiger partial charge < -0.3 is 9.16 Å². The van der Waals surface area contributed by atoms with Gasteiger partial charge in [-0.2, -0.15) is 4.91 Å². The number of nitrogens with zero attached hydrogens (tertiary/aromatic N) is 1. The summed E-state index contributed by atoms with van der Waals surface area (Å²) in [5, 5.41) is 3.51. The molecule has 2 aromatic carbocycles. The number of hydrogen-bond acceptors (Lipinski definition) is 4. The third-order valence-corrected chi connectivity index (χ3v) is 11.8. The van der Waals surface area contributed by atoms with Crippen LogP contribution in [0.3, 0.4) is 0 Å². The minimum absolute atomic E-state index is 0.0133. The van der Waals surface area contributed by atoms with Crippen LogP contribution in [0.2, 0.25) is 21.6 Å². The van der Waals surface area contributed by atoms with E-state index in [-0.39, 0.29) is 6.54 Å². The van der Waals surface area contributed by atoms with Gasteiger partial charge in [-0.15, -0.1) is 0 Å². The Hall–Kier alpha value is -1.85. The van der Waals surface area contributed by atoms with Crippen LogP contribution in [-0.4, -0.2) is 8.32 Å². The molecule has 0 atom stereocenters. The SMILES string of the molecule is CC(C)[Si](Oc1cc(Cl)c(OCc2ccccc2)c(CN=O)c1)(C(C)C)C(C)C. The molecule has 4 nitrogen and oxygen atoms in total. The van der Waals surface area contributed by atoms with Crippen molar-refractivity contribution in [2.75, 3.05) is 0 Å². The number of halogens is 1. The van der Waals surface area contributed by atoms with Gasteiger partial charge in [0.05, 0.1) is 5.02 Å². The fourth-order valence-corrected chi connectivity index (χ4v) is 9.83. The van der Waals surface area contributed by atoms with Gasteiger partial charge in [0.1, 0.15) is 24.7 Å². The monoisotopic (exact) mass is 433 g/mol. The lowest BCUT2D eigenvalue weighted by molar-refractivity contribution is 0.303. The summed E-state index contributed by atoms with van der Waals surface area (Å²) in [5.74, 6) is 1.19. The highest BCUT2D eigenvalue weighted by Crippen LogP contribution is 2.44. The molecule has 0 aliphatic rings. The zero-order valence-corrected chi connectivity index (χ0v) is 20.0. The lowest BCUT2D eigenvalue weighted by Gasteiger charge is -2.42. The first-order valence-electron chi connectivity index (χ1n) is 10.2. The van der Waals surface area contributed by atoms with Gasteiger partial charge in [0.2, 0.25) is 0 Å². The molecule has 0 bridgehead atoms. The number of hydrogen-bond donors (Lipinski definition) is 0. The zero-order chi connectivity index (χ0) is 21.6. The third-order valence-electron chi connectivity index (χ3n) is 5.56. The number of ether oxygens (including phenoxy) is 1. The summed E-state index contributed by atoms with van der Waals surface area (Å²) in [5.41, 5.74) is 2.98. The van der Waals surface area contributed by atoms with Crippen LogP contribution in [0, 0.1) is 4.91 Å². The highest BCUT2D eigenvalue weighted by atomic mass is 35.5. The van der Waals surface area contributed by atoms with Crippen LogP contribution < -0.4 is 9.16 Å². The van der Waals surface area contributed by atoms with E-state index in [0.29, 0.717) is 45.3 Å². The molecule has 0 amide bonds. The van der Waals surface area contributed by atoms with E-state index in [1.165, 1.54) is 0 Å². The summed E-state index contributed by atoms with van der Waals surface area (Å²) in [6, 6.07) is 13.5. The van der Waals surface area contributed by atoms with Crippen molar-refractivity contribution in [3.8, 4) is 11.5 Å². The lowest BCUT2D eigenvalue weighted by Crippen LogP contribution is -2.50. The van der Waals surface area contributed by atoms with Crippen LogP contribution in [0.15, 0.2) is 47.6 Å². The van der Waals surface area contributed by atoms with E-state index in [1.54, 1.807) is 0 Å². The molecule has 0 saturated carbocycles. The predicted molar refractivity (Wildman–Crippen MR) is 123 cm³/mol. The molecule has 0 radical (unpaired) electrons. The van der Waals surface area contributed by atoms with Gasteiger partial charge in [-0.3, -0.25) is 0 Å². The van der Waals surface area contributed by atoms with Crippen molar-refractivity contribution in [3.05, 3.63) is 63.5 Å². The van der Waals surface area contributed by atoms with Crippen molar-refractivity contribution in [2.45, 2.75) is 71.3 Å². The zero-order valence-electron chi connectivity index (χ0n) is 18.2. The van der Waals surface area contributed by atoms with Crippen molar-refractivity contribution in [2.24, 2.45) is 5.18 Å². The molecule has 0 aliphatic carbocycles. The first-order chi connectivity index (χ1) is 13.7. The summed E-state index contributed by atoms with van der Waals surface area (Å²) in [6.07, 6.45) is 0. The number of rotatable bonds is 10. The Balaban J connectivity index is 2.38. The molecule has 2 aromatic rings. The number of nitroso groups, excluding NO2 is 1. The highest BCUT2D eigenvalue weighted by Gasteiger charge is 2.47. The van der Waals surface area contributed by atoms with Crippen molar-refractivity contribution < 1.29 is 9.16 Å². The molecule has 0 aliphatic heterocycles. The Morgan fingerprint density at radius 2 is 1.55 bits per heavy atom. The van der Waals surface area contributed by atoms with Crippen molar-refractivity contribution in [1.29, 1.82) is 0 Å². The fraction of sp³-hybridized carbons (Fsp3) is 0.478. The highest BCUT2D eigenvalue weighted by molar-refractivity contribution is 6.78. The molecule has 0 unspecified atom stereocenters. The van der Waals surface area contributed by atoms with Gasteiger partial charge in [-0.25, -0.2) is 0 Å². The summed E-state index contributed by atoms with van der Waals surface area (Å²) >= 11 is 6.57. The summed E-state index contributed by atoms with van der Waals surface area (Å²) in [6.45, 7) is 13.8. The predicted octanol–water partition coefficient (Wildman–Crippen LogP) is 7.74. The van der Waals surface area contributed by atoms with Gasteiger partial charge in [-0.1, -0.05) is 88.7 Å². The van der Waals surface area contributed by atoms with E-state index in [9.17, 15) is 4.91 Å². The Morgan fingerprint density at radius 3 is 2.07 bits per heavy atom. The van der Waals surface area contributed by atoms with Crippen LogP contribution in [-0.2, 0) is 13.2 Å². The Bertz CT molecular complexity index is 787. The van der Waals surface area contributed by atoms with Gasteiger partial charge in [0, 0.05) is 11.6 Å². The van der Waals surface area contributed by atoms with E-state index in [2.05, 4.69) is 46.7 Å². The first-order valence-corrected chi connectivity index (χ1v) is 12.7. The molecule has 0 N–H and O–H groups in total. The van der Waals surface area contributed by atoms with Crippen molar-refractivity contribution in [1.82, 2.24) is 0 Å². The van der Waals surface area contributed by atoms with Gasteiger partial charge in [0.25, 0.3) is 8.32 Å². The van der Waals surface area contributed by atoms with Gasteiger partial charge >= 0.3 is 0 Å². The Morgan fingerprint density at radius 1 is 0.966 bits per heavy atom. The lowest BCUT2D eigenvalue weighted by atomic mass is 10.2. The molecular weight excluding hydrogens is 402 g/mol. The molecule has 2 rings (SSSR count). The van der Waals surface area contributed by atoms with Crippen LogP contribution in [0.5, 0.6) is 11.5 Å². The molecule has 6 heteroatoms. The van der Waals surface area contributed by atoms with Crippen LogP contribution >= 0.6 is 11.6 Å². The average Bonchev–Trinajstić information content (AvgIpc) is 2.65. The fourth-order valence-electron chi connectivity index (χ4n) is 4.32. The Kier molecular flexibility index (Phi) is 8.29. The van der Waals surface area contributed by atoms with Crippen LogP contribution in [0.4, 0.5) is 0 Å². The van der Waals surface area contributed by atoms with E-state index < -0.39 is 8.32 Å². The normalized spacial score (nSPS) is 11.9. The molecule has 0 saturated heterocycles. The first kappa shape index (κ1) is 23.4. The maximum absolute atomic E-state index is 11.1. The molecule has 0 fully saturated rings. The van der Waals surface area contributed by atoms with Gasteiger partial charge in [-0.05, 0) is 28.3 Å². The van der Waals surface area contributed by atoms with E-state index >= 15 is 0 Å². The van der Waals surface area contributed by atoms with Crippen molar-refractivity contribution in [3.63, 3.8) is 0 Å². The second-order valence-electron chi connectivity index (χ2n) is 8.37. The van der Waals surface area contributed by atoms with E-state index in [1.807, 2.05) is 42.5 Å². The number of benzene rings is 2. The third kappa shape index (κ3) is 5.40.